The maximum atomic E-state index is 5.99. The Balaban J connectivity index is 2.12. The molecule has 3 rings (SSSR count). The Morgan fingerprint density at radius 2 is 2.05 bits per heavy atom. The van der Waals surface area contributed by atoms with E-state index in [1.165, 1.54) is 0 Å². The highest BCUT2D eigenvalue weighted by Crippen LogP contribution is 2.30. The van der Waals surface area contributed by atoms with Crippen LogP contribution in [0, 0.1) is 0 Å². The summed E-state index contributed by atoms with van der Waals surface area (Å²) in [5, 5.41) is 1.09. The minimum atomic E-state index is -0.0400. The van der Waals surface area contributed by atoms with Crippen molar-refractivity contribution in [3.05, 3.63) is 54.4 Å². The molecule has 0 radical (unpaired) electrons. The van der Waals surface area contributed by atoms with Crippen LogP contribution in [0.4, 0.5) is 0 Å². The number of nitrogens with zero attached hydrogens (tertiary/aromatic N) is 1. The van der Waals surface area contributed by atoms with Gasteiger partial charge in [0.15, 0.2) is 0 Å². The van der Waals surface area contributed by atoms with E-state index in [1.807, 2.05) is 36.4 Å². The van der Waals surface area contributed by atoms with Crippen molar-refractivity contribution in [3.63, 3.8) is 0 Å². The molecular formula is C16H16N2O. The van der Waals surface area contributed by atoms with Gasteiger partial charge in [-0.3, -0.25) is 4.98 Å². The van der Waals surface area contributed by atoms with Crippen LogP contribution in [0.1, 0.15) is 25.1 Å². The first-order valence-corrected chi connectivity index (χ1v) is 6.49. The molecule has 2 heterocycles. The molecule has 19 heavy (non-hydrogen) atoms. The summed E-state index contributed by atoms with van der Waals surface area (Å²) in [5.41, 5.74) is 8.02. The van der Waals surface area contributed by atoms with Crippen molar-refractivity contribution in [3.8, 4) is 11.3 Å². The van der Waals surface area contributed by atoms with Crippen LogP contribution in [0.25, 0.3) is 22.2 Å². The molecule has 3 heteroatoms. The smallest absolute Gasteiger partial charge is 0.135 e. The molecule has 2 aromatic heterocycles. The van der Waals surface area contributed by atoms with Crippen LogP contribution < -0.4 is 5.73 Å². The van der Waals surface area contributed by atoms with Gasteiger partial charge in [0.1, 0.15) is 11.5 Å². The van der Waals surface area contributed by atoms with E-state index in [-0.39, 0.29) is 6.04 Å². The number of furan rings is 1. The molecule has 0 aliphatic rings. The van der Waals surface area contributed by atoms with Crippen LogP contribution >= 0.6 is 0 Å². The second kappa shape index (κ2) is 4.86. The van der Waals surface area contributed by atoms with Crippen LogP contribution in [-0.4, -0.2) is 4.98 Å². The van der Waals surface area contributed by atoms with E-state index in [9.17, 15) is 0 Å². The molecule has 1 aromatic carbocycles. The molecule has 96 valence electrons. The maximum Gasteiger partial charge on any atom is 0.135 e. The molecule has 1 unspecified atom stereocenters. The SMILES string of the molecule is CCC(N)c1ccc(-c2cccc3ncccc23)o1. The Morgan fingerprint density at radius 1 is 1.16 bits per heavy atom. The van der Waals surface area contributed by atoms with Crippen molar-refractivity contribution in [2.45, 2.75) is 19.4 Å². The van der Waals surface area contributed by atoms with Gasteiger partial charge >= 0.3 is 0 Å². The number of aromatic nitrogens is 1. The molecule has 0 aliphatic carbocycles. The third kappa shape index (κ3) is 2.13. The molecule has 3 nitrogen and oxygen atoms in total. The molecule has 3 aromatic rings. The highest BCUT2D eigenvalue weighted by molar-refractivity contribution is 5.93. The number of rotatable bonds is 3. The summed E-state index contributed by atoms with van der Waals surface area (Å²) < 4.78 is 5.88. The number of fused-ring (bicyclic) bond motifs is 1. The average molecular weight is 252 g/mol. The predicted molar refractivity (Wildman–Crippen MR) is 76.7 cm³/mol. The first kappa shape index (κ1) is 11.9. The molecule has 0 amide bonds. The van der Waals surface area contributed by atoms with Crippen molar-refractivity contribution in [2.75, 3.05) is 0 Å². The molecule has 0 saturated carbocycles. The lowest BCUT2D eigenvalue weighted by Gasteiger charge is -2.05. The third-order valence-corrected chi connectivity index (χ3v) is 3.34. The van der Waals surface area contributed by atoms with E-state index < -0.39 is 0 Å². The highest BCUT2D eigenvalue weighted by atomic mass is 16.3. The van der Waals surface area contributed by atoms with Crippen LogP contribution in [0.15, 0.2) is 53.1 Å². The first-order chi connectivity index (χ1) is 9.29. The Hall–Kier alpha value is -2.13. The standard InChI is InChI=1S/C16H16N2O/c1-2-13(17)16-9-8-15(19-16)12-5-3-7-14-11(12)6-4-10-18-14/h3-10,13H,2,17H2,1H3. The zero-order valence-corrected chi connectivity index (χ0v) is 10.8. The van der Waals surface area contributed by atoms with Crippen molar-refractivity contribution in [2.24, 2.45) is 5.73 Å². The van der Waals surface area contributed by atoms with Gasteiger partial charge in [-0.05, 0) is 30.7 Å². The van der Waals surface area contributed by atoms with Gasteiger partial charge in [0.05, 0.1) is 11.6 Å². The van der Waals surface area contributed by atoms with Gasteiger partial charge in [-0.25, -0.2) is 0 Å². The van der Waals surface area contributed by atoms with E-state index in [4.69, 9.17) is 10.2 Å². The average Bonchev–Trinajstić information content (AvgIpc) is 2.95. The Kier molecular flexibility index (Phi) is 3.05. The largest absolute Gasteiger partial charge is 0.459 e. The van der Waals surface area contributed by atoms with Crippen molar-refractivity contribution >= 4 is 10.9 Å². The first-order valence-electron chi connectivity index (χ1n) is 6.49. The Morgan fingerprint density at radius 3 is 2.89 bits per heavy atom. The van der Waals surface area contributed by atoms with Gasteiger partial charge in [0, 0.05) is 17.1 Å². The van der Waals surface area contributed by atoms with Crippen molar-refractivity contribution < 1.29 is 4.42 Å². The summed E-state index contributed by atoms with van der Waals surface area (Å²) in [6.07, 6.45) is 2.66. The summed E-state index contributed by atoms with van der Waals surface area (Å²) in [6.45, 7) is 2.05. The van der Waals surface area contributed by atoms with Gasteiger partial charge in [-0.1, -0.05) is 25.1 Å². The molecule has 0 spiro atoms. The fourth-order valence-electron chi connectivity index (χ4n) is 2.22. The zero-order valence-electron chi connectivity index (χ0n) is 10.8. The van der Waals surface area contributed by atoms with Crippen LogP contribution in [0.2, 0.25) is 0 Å². The second-order valence-electron chi connectivity index (χ2n) is 4.59. The molecule has 0 aliphatic heterocycles. The number of nitrogens with two attached hydrogens (primary N) is 1. The number of pyridine rings is 1. The fraction of sp³-hybridized carbons (Fsp3) is 0.188. The van der Waals surface area contributed by atoms with E-state index >= 15 is 0 Å². The zero-order chi connectivity index (χ0) is 13.2. The molecule has 0 bridgehead atoms. The lowest BCUT2D eigenvalue weighted by molar-refractivity contribution is 0.470. The van der Waals surface area contributed by atoms with Crippen molar-refractivity contribution in [1.29, 1.82) is 0 Å². The van der Waals surface area contributed by atoms with Crippen LogP contribution in [0.3, 0.4) is 0 Å². The normalized spacial score (nSPS) is 12.7. The van der Waals surface area contributed by atoms with Crippen LogP contribution in [0.5, 0.6) is 0 Å². The topological polar surface area (TPSA) is 52.0 Å². The fourth-order valence-corrected chi connectivity index (χ4v) is 2.22. The summed E-state index contributed by atoms with van der Waals surface area (Å²) in [7, 11) is 0. The minimum absolute atomic E-state index is 0.0400. The van der Waals surface area contributed by atoms with Gasteiger partial charge in [0.25, 0.3) is 0 Å². The summed E-state index contributed by atoms with van der Waals surface area (Å²) in [4.78, 5) is 4.36. The monoisotopic (exact) mass is 252 g/mol. The molecule has 0 saturated heterocycles. The van der Waals surface area contributed by atoms with E-state index in [1.54, 1.807) is 6.20 Å². The molecule has 1 atom stereocenters. The van der Waals surface area contributed by atoms with Gasteiger partial charge in [0.2, 0.25) is 0 Å². The summed E-state index contributed by atoms with van der Waals surface area (Å²) in [6, 6.07) is 13.9. The van der Waals surface area contributed by atoms with E-state index in [2.05, 4.69) is 18.0 Å². The summed E-state index contributed by atoms with van der Waals surface area (Å²) >= 11 is 0. The number of benzene rings is 1. The van der Waals surface area contributed by atoms with E-state index in [0.29, 0.717) is 0 Å². The second-order valence-corrected chi connectivity index (χ2v) is 4.59. The van der Waals surface area contributed by atoms with E-state index in [0.717, 1.165) is 34.4 Å². The summed E-state index contributed by atoms with van der Waals surface area (Å²) in [5.74, 6) is 1.68. The number of hydrogen-bond donors (Lipinski definition) is 1. The highest BCUT2D eigenvalue weighted by Gasteiger charge is 2.12. The van der Waals surface area contributed by atoms with Gasteiger partial charge in [-0.15, -0.1) is 0 Å². The van der Waals surface area contributed by atoms with Gasteiger partial charge < -0.3 is 10.2 Å². The van der Waals surface area contributed by atoms with Crippen LogP contribution in [-0.2, 0) is 0 Å². The lowest BCUT2D eigenvalue weighted by Crippen LogP contribution is -2.06. The molecular weight excluding hydrogens is 236 g/mol. The molecule has 2 N–H and O–H groups in total. The maximum absolute atomic E-state index is 5.99. The number of hydrogen-bond acceptors (Lipinski definition) is 3. The van der Waals surface area contributed by atoms with Crippen molar-refractivity contribution in [1.82, 2.24) is 4.98 Å². The lowest BCUT2D eigenvalue weighted by atomic mass is 10.1. The quantitative estimate of drug-likeness (QED) is 0.769. The Labute approximate surface area is 112 Å². The van der Waals surface area contributed by atoms with Gasteiger partial charge in [-0.2, -0.15) is 0 Å². The predicted octanol–water partition coefficient (Wildman–Crippen LogP) is 3.90. The third-order valence-electron chi connectivity index (χ3n) is 3.34. The minimum Gasteiger partial charge on any atom is -0.459 e. The molecule has 0 fully saturated rings. The Bertz CT molecular complexity index is 697.